The van der Waals surface area contributed by atoms with Crippen molar-refractivity contribution in [1.82, 2.24) is 14.5 Å². The number of imidazole rings is 1. The second-order valence-corrected chi connectivity index (χ2v) is 4.80. The third-order valence-electron chi connectivity index (χ3n) is 3.11. The zero-order valence-electron chi connectivity index (χ0n) is 10.8. The van der Waals surface area contributed by atoms with Gasteiger partial charge < -0.3 is 0 Å². The molecular weight excluding hydrogens is 273 g/mol. The smallest absolute Gasteiger partial charge is 0.170 e. The molecule has 3 aromatic rings. The van der Waals surface area contributed by atoms with Crippen molar-refractivity contribution in [1.29, 1.82) is 0 Å². The standard InChI is InChI=1S/C15H12FN3S/c1-10-14(11-4-6-12(16)7-5-11)18-15(20)19(10)13-3-2-8-17-9-13/h2-9H,1H3,(H,18,20). The summed E-state index contributed by atoms with van der Waals surface area (Å²) in [5.41, 5.74) is 3.49. The normalized spacial score (nSPS) is 10.8. The van der Waals surface area contributed by atoms with Crippen LogP contribution in [0.4, 0.5) is 4.39 Å². The molecule has 0 aliphatic carbocycles. The summed E-state index contributed by atoms with van der Waals surface area (Å²) in [7, 11) is 0. The highest BCUT2D eigenvalue weighted by molar-refractivity contribution is 7.80. The molecule has 1 aromatic carbocycles. The lowest BCUT2D eigenvalue weighted by molar-refractivity contribution is 0.628. The van der Waals surface area contributed by atoms with Crippen molar-refractivity contribution in [3.8, 4) is 16.9 Å². The Hall–Kier alpha value is -2.14. The summed E-state index contributed by atoms with van der Waals surface area (Å²) in [5, 5.41) is 0.579. The van der Waals surface area contributed by atoms with Crippen molar-refractivity contribution >= 4 is 12.6 Å². The van der Waals surface area contributed by atoms with Gasteiger partial charge in [-0.2, -0.15) is 0 Å². The van der Waals surface area contributed by atoms with E-state index in [1.165, 1.54) is 12.1 Å². The van der Waals surface area contributed by atoms with Crippen molar-refractivity contribution in [2.75, 3.05) is 0 Å². The van der Waals surface area contributed by atoms with Gasteiger partial charge in [-0.25, -0.2) is 9.37 Å². The lowest BCUT2D eigenvalue weighted by Gasteiger charge is -2.06. The molecule has 0 N–H and O–H groups in total. The number of rotatable bonds is 2. The molecule has 0 atom stereocenters. The quantitative estimate of drug-likeness (QED) is 0.728. The number of hydrogen-bond donors (Lipinski definition) is 1. The highest BCUT2D eigenvalue weighted by Crippen LogP contribution is 2.27. The van der Waals surface area contributed by atoms with E-state index in [0.717, 1.165) is 22.6 Å². The van der Waals surface area contributed by atoms with Crippen LogP contribution in [0.25, 0.3) is 16.9 Å². The van der Waals surface area contributed by atoms with Crippen LogP contribution in [0.3, 0.4) is 0 Å². The number of pyridine rings is 1. The molecule has 0 bridgehead atoms. The van der Waals surface area contributed by atoms with E-state index in [4.69, 9.17) is 0 Å². The van der Waals surface area contributed by atoms with E-state index in [1.54, 1.807) is 24.5 Å². The van der Waals surface area contributed by atoms with Gasteiger partial charge in [0.1, 0.15) is 5.82 Å². The Morgan fingerprint density at radius 2 is 1.90 bits per heavy atom. The fourth-order valence-electron chi connectivity index (χ4n) is 2.16. The van der Waals surface area contributed by atoms with Gasteiger partial charge in [-0.1, -0.05) is 0 Å². The third-order valence-corrected chi connectivity index (χ3v) is 3.41. The highest BCUT2D eigenvalue weighted by Gasteiger charge is 2.14. The van der Waals surface area contributed by atoms with Crippen LogP contribution < -0.4 is 0 Å². The van der Waals surface area contributed by atoms with Crippen LogP contribution in [0.15, 0.2) is 53.9 Å². The number of halogens is 1. The first-order valence-electron chi connectivity index (χ1n) is 6.11. The Kier molecular flexibility index (Phi) is 3.28. The van der Waals surface area contributed by atoms with E-state index in [-0.39, 0.29) is 5.82 Å². The fraction of sp³-hybridized carbons (Fsp3) is 0.0667. The second kappa shape index (κ2) is 5.09. The first kappa shape index (κ1) is 12.9. The van der Waals surface area contributed by atoms with Crippen LogP contribution >= 0.6 is 12.6 Å². The molecule has 0 saturated heterocycles. The van der Waals surface area contributed by atoms with Gasteiger partial charge in [-0.05, 0) is 43.3 Å². The van der Waals surface area contributed by atoms with Crippen molar-refractivity contribution in [2.45, 2.75) is 12.1 Å². The highest BCUT2D eigenvalue weighted by atomic mass is 32.1. The molecule has 2 heterocycles. The fourth-order valence-corrected chi connectivity index (χ4v) is 2.53. The van der Waals surface area contributed by atoms with Crippen LogP contribution in [-0.2, 0) is 0 Å². The zero-order chi connectivity index (χ0) is 14.1. The molecule has 0 unspecified atom stereocenters. The molecule has 0 aliphatic heterocycles. The summed E-state index contributed by atoms with van der Waals surface area (Å²) in [6, 6.07) is 10.1. The predicted molar refractivity (Wildman–Crippen MR) is 78.7 cm³/mol. The zero-order valence-corrected chi connectivity index (χ0v) is 11.7. The number of aromatic nitrogens is 3. The molecule has 100 valence electrons. The first-order valence-corrected chi connectivity index (χ1v) is 6.56. The first-order chi connectivity index (χ1) is 9.66. The minimum atomic E-state index is -0.260. The van der Waals surface area contributed by atoms with E-state index in [2.05, 4.69) is 22.6 Å². The summed E-state index contributed by atoms with van der Waals surface area (Å²) in [5.74, 6) is -0.260. The lowest BCUT2D eigenvalue weighted by atomic mass is 10.1. The summed E-state index contributed by atoms with van der Waals surface area (Å²) in [6.45, 7) is 1.96. The summed E-state index contributed by atoms with van der Waals surface area (Å²) in [6.07, 6.45) is 3.47. The van der Waals surface area contributed by atoms with Crippen molar-refractivity contribution in [2.24, 2.45) is 0 Å². The number of thiol groups is 1. The Labute approximate surface area is 121 Å². The molecule has 2 aromatic heterocycles. The van der Waals surface area contributed by atoms with Crippen molar-refractivity contribution in [3.05, 3.63) is 60.3 Å². The average molecular weight is 285 g/mol. The molecule has 0 saturated carbocycles. The van der Waals surface area contributed by atoms with Crippen LogP contribution in [0, 0.1) is 12.7 Å². The van der Waals surface area contributed by atoms with Crippen LogP contribution in [-0.4, -0.2) is 14.5 Å². The van der Waals surface area contributed by atoms with Gasteiger partial charge in [-0.15, -0.1) is 12.6 Å². The largest absolute Gasteiger partial charge is 0.290 e. The Morgan fingerprint density at radius 1 is 1.15 bits per heavy atom. The summed E-state index contributed by atoms with van der Waals surface area (Å²) >= 11 is 4.42. The van der Waals surface area contributed by atoms with Gasteiger partial charge >= 0.3 is 0 Å². The molecule has 20 heavy (non-hydrogen) atoms. The lowest BCUT2D eigenvalue weighted by Crippen LogP contribution is -1.97. The van der Waals surface area contributed by atoms with Crippen LogP contribution in [0.5, 0.6) is 0 Å². The Balaban J connectivity index is 2.14. The monoisotopic (exact) mass is 285 g/mol. The minimum Gasteiger partial charge on any atom is -0.290 e. The van der Waals surface area contributed by atoms with E-state index in [0.29, 0.717) is 5.16 Å². The molecular formula is C15H12FN3S. The SMILES string of the molecule is Cc1c(-c2ccc(F)cc2)nc(S)n1-c1cccnc1. The summed E-state index contributed by atoms with van der Waals surface area (Å²) in [4.78, 5) is 8.57. The molecule has 0 amide bonds. The Morgan fingerprint density at radius 3 is 2.55 bits per heavy atom. The average Bonchev–Trinajstić information content (AvgIpc) is 2.76. The van der Waals surface area contributed by atoms with Crippen molar-refractivity contribution in [3.63, 3.8) is 0 Å². The van der Waals surface area contributed by atoms with E-state index >= 15 is 0 Å². The molecule has 0 aliphatic rings. The van der Waals surface area contributed by atoms with E-state index < -0.39 is 0 Å². The van der Waals surface area contributed by atoms with Gasteiger partial charge in [0.15, 0.2) is 5.16 Å². The van der Waals surface area contributed by atoms with Gasteiger partial charge in [0.05, 0.1) is 17.6 Å². The molecule has 3 nitrogen and oxygen atoms in total. The summed E-state index contributed by atoms with van der Waals surface area (Å²) < 4.78 is 14.9. The molecule has 0 fully saturated rings. The molecule has 0 spiro atoms. The Bertz CT molecular complexity index is 736. The van der Waals surface area contributed by atoms with E-state index in [1.807, 2.05) is 23.6 Å². The van der Waals surface area contributed by atoms with Crippen LogP contribution in [0.2, 0.25) is 0 Å². The van der Waals surface area contributed by atoms with E-state index in [9.17, 15) is 4.39 Å². The maximum atomic E-state index is 13.0. The second-order valence-electron chi connectivity index (χ2n) is 4.40. The van der Waals surface area contributed by atoms with Crippen LogP contribution in [0.1, 0.15) is 5.69 Å². The van der Waals surface area contributed by atoms with Crippen molar-refractivity contribution < 1.29 is 4.39 Å². The number of hydrogen-bond acceptors (Lipinski definition) is 3. The van der Waals surface area contributed by atoms with Gasteiger partial charge in [-0.3, -0.25) is 9.55 Å². The molecule has 0 radical (unpaired) electrons. The maximum Gasteiger partial charge on any atom is 0.170 e. The maximum absolute atomic E-state index is 13.0. The molecule has 3 rings (SSSR count). The number of benzene rings is 1. The van der Waals surface area contributed by atoms with Gasteiger partial charge in [0, 0.05) is 17.5 Å². The van der Waals surface area contributed by atoms with Gasteiger partial charge in [0.25, 0.3) is 0 Å². The number of nitrogens with zero attached hydrogens (tertiary/aromatic N) is 3. The molecule has 5 heteroatoms. The minimum absolute atomic E-state index is 0.260. The van der Waals surface area contributed by atoms with Gasteiger partial charge in [0.2, 0.25) is 0 Å². The third kappa shape index (κ3) is 2.20. The topological polar surface area (TPSA) is 30.7 Å². The predicted octanol–water partition coefficient (Wildman–Crippen LogP) is 3.67.